The van der Waals surface area contributed by atoms with Crippen molar-refractivity contribution in [1.29, 1.82) is 0 Å². The first-order valence-electron chi connectivity index (χ1n) is 8.28. The zero-order valence-corrected chi connectivity index (χ0v) is 14.0. The summed E-state index contributed by atoms with van der Waals surface area (Å²) in [6, 6.07) is 4.14. The SMILES string of the molecule is CC(C)n1cccc1C(=O)N(C)CC1CCN(CCO)CC1. The molecule has 0 saturated carbocycles. The molecule has 1 amide bonds. The van der Waals surface area contributed by atoms with Crippen molar-refractivity contribution in [2.24, 2.45) is 5.92 Å². The molecule has 0 radical (unpaired) electrons. The molecule has 1 aromatic rings. The van der Waals surface area contributed by atoms with Gasteiger partial charge in [0.25, 0.3) is 5.91 Å². The highest BCUT2D eigenvalue weighted by Gasteiger charge is 2.23. The Hall–Kier alpha value is -1.33. The number of carbonyl (C=O) groups is 1. The Morgan fingerprint density at radius 2 is 2.09 bits per heavy atom. The highest BCUT2D eigenvalue weighted by Crippen LogP contribution is 2.19. The normalized spacial score (nSPS) is 17.1. The van der Waals surface area contributed by atoms with Crippen LogP contribution in [0.4, 0.5) is 0 Å². The van der Waals surface area contributed by atoms with Crippen LogP contribution in [0.1, 0.15) is 43.2 Å². The van der Waals surface area contributed by atoms with E-state index >= 15 is 0 Å². The Morgan fingerprint density at radius 3 is 2.68 bits per heavy atom. The van der Waals surface area contributed by atoms with Gasteiger partial charge in [-0.15, -0.1) is 0 Å². The van der Waals surface area contributed by atoms with E-state index < -0.39 is 0 Å². The van der Waals surface area contributed by atoms with E-state index in [1.165, 1.54) is 0 Å². The van der Waals surface area contributed by atoms with Crippen LogP contribution in [0.25, 0.3) is 0 Å². The van der Waals surface area contributed by atoms with Gasteiger partial charge in [-0.25, -0.2) is 0 Å². The number of nitrogens with zero attached hydrogens (tertiary/aromatic N) is 3. The maximum atomic E-state index is 12.6. The van der Waals surface area contributed by atoms with Crippen LogP contribution in [0.5, 0.6) is 0 Å². The molecule has 0 spiro atoms. The molecule has 2 heterocycles. The molecule has 1 aliphatic heterocycles. The first kappa shape index (κ1) is 17.0. The lowest BCUT2D eigenvalue weighted by atomic mass is 9.96. The summed E-state index contributed by atoms with van der Waals surface area (Å²) in [6.07, 6.45) is 4.17. The van der Waals surface area contributed by atoms with E-state index in [1.807, 2.05) is 34.8 Å². The van der Waals surface area contributed by atoms with Gasteiger partial charge in [0.2, 0.25) is 0 Å². The minimum Gasteiger partial charge on any atom is -0.395 e. The van der Waals surface area contributed by atoms with Gasteiger partial charge < -0.3 is 19.5 Å². The molecule has 5 nitrogen and oxygen atoms in total. The van der Waals surface area contributed by atoms with E-state index in [0.29, 0.717) is 12.0 Å². The van der Waals surface area contributed by atoms with Gasteiger partial charge in [-0.1, -0.05) is 0 Å². The lowest BCUT2D eigenvalue weighted by Gasteiger charge is -2.33. The molecule has 0 aliphatic carbocycles. The van der Waals surface area contributed by atoms with Gasteiger partial charge in [0.05, 0.1) is 6.61 Å². The lowest BCUT2D eigenvalue weighted by Crippen LogP contribution is -2.40. The number of piperidine rings is 1. The third-order valence-corrected chi connectivity index (χ3v) is 4.56. The van der Waals surface area contributed by atoms with Gasteiger partial charge in [-0.05, 0) is 57.8 Å². The maximum Gasteiger partial charge on any atom is 0.270 e. The van der Waals surface area contributed by atoms with Gasteiger partial charge in [0.1, 0.15) is 5.69 Å². The number of aliphatic hydroxyl groups excluding tert-OH is 1. The average Bonchev–Trinajstić information content (AvgIpc) is 2.98. The molecule has 2 rings (SSSR count). The smallest absolute Gasteiger partial charge is 0.270 e. The van der Waals surface area contributed by atoms with Crippen LogP contribution < -0.4 is 0 Å². The van der Waals surface area contributed by atoms with Gasteiger partial charge in [0.15, 0.2) is 0 Å². The Balaban J connectivity index is 1.88. The molecule has 0 atom stereocenters. The standard InChI is InChI=1S/C17H29N3O2/c1-14(2)20-8-4-5-16(20)17(22)18(3)13-15-6-9-19(10-7-15)11-12-21/h4-5,8,14-15,21H,6-7,9-13H2,1-3H3. The van der Waals surface area contributed by atoms with Crippen LogP contribution in [0, 0.1) is 5.92 Å². The summed E-state index contributed by atoms with van der Waals surface area (Å²) in [5, 5.41) is 8.98. The number of likely N-dealkylation sites (tertiary alicyclic amines) is 1. The van der Waals surface area contributed by atoms with Crippen LogP contribution in [0.3, 0.4) is 0 Å². The molecule has 1 aromatic heterocycles. The number of rotatable bonds is 6. The molecule has 5 heteroatoms. The second kappa shape index (κ2) is 7.79. The van der Waals surface area contributed by atoms with Crippen molar-refractivity contribution in [3.8, 4) is 0 Å². The van der Waals surface area contributed by atoms with Crippen molar-refractivity contribution >= 4 is 5.91 Å². The van der Waals surface area contributed by atoms with E-state index in [9.17, 15) is 4.79 Å². The molecule has 22 heavy (non-hydrogen) atoms. The van der Waals surface area contributed by atoms with Crippen molar-refractivity contribution in [2.45, 2.75) is 32.7 Å². The average molecular weight is 307 g/mol. The number of hydrogen-bond donors (Lipinski definition) is 1. The van der Waals surface area contributed by atoms with Crippen molar-refractivity contribution in [2.75, 3.05) is 39.8 Å². The first-order valence-corrected chi connectivity index (χ1v) is 8.28. The Kier molecular flexibility index (Phi) is 6.03. The number of carbonyl (C=O) groups excluding carboxylic acids is 1. The quantitative estimate of drug-likeness (QED) is 0.872. The van der Waals surface area contributed by atoms with Crippen LogP contribution in [0.15, 0.2) is 18.3 Å². The van der Waals surface area contributed by atoms with Crippen LogP contribution in [-0.4, -0.2) is 65.2 Å². The van der Waals surface area contributed by atoms with Crippen molar-refractivity contribution in [1.82, 2.24) is 14.4 Å². The van der Waals surface area contributed by atoms with Gasteiger partial charge >= 0.3 is 0 Å². The minimum atomic E-state index is 0.108. The minimum absolute atomic E-state index is 0.108. The zero-order chi connectivity index (χ0) is 16.1. The third-order valence-electron chi connectivity index (χ3n) is 4.56. The molecular formula is C17H29N3O2. The van der Waals surface area contributed by atoms with E-state index in [0.717, 1.165) is 44.7 Å². The lowest BCUT2D eigenvalue weighted by molar-refractivity contribution is 0.0721. The van der Waals surface area contributed by atoms with Crippen LogP contribution in [0.2, 0.25) is 0 Å². The second-order valence-electron chi connectivity index (χ2n) is 6.59. The molecule has 0 bridgehead atoms. The van der Waals surface area contributed by atoms with Crippen molar-refractivity contribution < 1.29 is 9.90 Å². The van der Waals surface area contributed by atoms with Gasteiger partial charge in [-0.3, -0.25) is 4.79 Å². The second-order valence-corrected chi connectivity index (χ2v) is 6.59. The molecule has 1 fully saturated rings. The van der Waals surface area contributed by atoms with Gasteiger partial charge in [-0.2, -0.15) is 0 Å². The van der Waals surface area contributed by atoms with Crippen molar-refractivity contribution in [3.05, 3.63) is 24.0 Å². The van der Waals surface area contributed by atoms with Crippen molar-refractivity contribution in [3.63, 3.8) is 0 Å². The molecule has 1 N–H and O–H groups in total. The molecule has 1 aliphatic rings. The van der Waals surface area contributed by atoms with E-state index in [-0.39, 0.29) is 12.5 Å². The summed E-state index contributed by atoms with van der Waals surface area (Å²) in [5.74, 6) is 0.669. The summed E-state index contributed by atoms with van der Waals surface area (Å²) in [4.78, 5) is 16.8. The molecule has 1 saturated heterocycles. The molecule has 124 valence electrons. The number of amides is 1. The summed E-state index contributed by atoms with van der Waals surface area (Å²) in [5.41, 5.74) is 0.773. The number of aromatic nitrogens is 1. The molecule has 0 unspecified atom stereocenters. The highest BCUT2D eigenvalue weighted by atomic mass is 16.3. The summed E-state index contributed by atoms with van der Waals surface area (Å²) in [6.45, 7) is 8.04. The van der Waals surface area contributed by atoms with E-state index in [2.05, 4.69) is 18.7 Å². The van der Waals surface area contributed by atoms with E-state index in [1.54, 1.807) is 0 Å². The fraction of sp³-hybridized carbons (Fsp3) is 0.706. The number of aliphatic hydroxyl groups is 1. The molecular weight excluding hydrogens is 278 g/mol. The van der Waals surface area contributed by atoms with Crippen LogP contribution in [-0.2, 0) is 0 Å². The Labute approximate surface area is 133 Å². The Morgan fingerprint density at radius 1 is 1.41 bits per heavy atom. The molecule has 0 aromatic carbocycles. The fourth-order valence-corrected chi connectivity index (χ4v) is 3.23. The monoisotopic (exact) mass is 307 g/mol. The van der Waals surface area contributed by atoms with E-state index in [4.69, 9.17) is 5.11 Å². The Bertz CT molecular complexity index is 476. The predicted molar refractivity (Wildman–Crippen MR) is 88.0 cm³/mol. The van der Waals surface area contributed by atoms with Crippen LogP contribution >= 0.6 is 0 Å². The third kappa shape index (κ3) is 4.11. The summed E-state index contributed by atoms with van der Waals surface area (Å²) >= 11 is 0. The first-order chi connectivity index (χ1) is 10.5. The van der Waals surface area contributed by atoms with Gasteiger partial charge in [0, 0.05) is 32.4 Å². The number of β-amino-alcohol motifs (C(OH)–C–C–N with tert-alkyl or cyclic N) is 1. The fourth-order valence-electron chi connectivity index (χ4n) is 3.23. The largest absolute Gasteiger partial charge is 0.395 e. The predicted octanol–water partition coefficient (Wildman–Crippen LogP) is 1.85. The highest BCUT2D eigenvalue weighted by molar-refractivity contribution is 5.92. The maximum absolute atomic E-state index is 12.6. The zero-order valence-electron chi connectivity index (χ0n) is 14.0. The topological polar surface area (TPSA) is 48.7 Å². The number of hydrogen-bond acceptors (Lipinski definition) is 3. The summed E-state index contributed by atoms with van der Waals surface area (Å²) in [7, 11) is 1.90. The summed E-state index contributed by atoms with van der Waals surface area (Å²) < 4.78 is 2.03.